The summed E-state index contributed by atoms with van der Waals surface area (Å²) in [6.45, 7) is 4.85. The molecule has 2 heterocycles. The molecule has 3 N–H and O–H groups in total. The lowest BCUT2D eigenvalue weighted by molar-refractivity contribution is 0.141. The Bertz CT molecular complexity index is 457. The van der Waals surface area contributed by atoms with Crippen molar-refractivity contribution in [3.05, 3.63) is 6.33 Å². The summed E-state index contributed by atoms with van der Waals surface area (Å²) < 4.78 is 10.1. The van der Waals surface area contributed by atoms with Crippen molar-refractivity contribution in [2.24, 2.45) is 0 Å². The van der Waals surface area contributed by atoms with Gasteiger partial charge in [0, 0.05) is 7.11 Å². The average molecular weight is 239 g/mol. The number of nitrogen functional groups attached to an aromatic ring is 1. The van der Waals surface area contributed by atoms with Gasteiger partial charge in [0.25, 0.3) is 0 Å². The number of rotatable bonds is 4. The number of nitrogens with zero attached hydrogens (tertiary/aromatic N) is 3. The number of hydrogen-bond donors (Lipinski definition) is 2. The molecule has 7 heteroatoms. The fraction of sp³-hybridized carbons (Fsp3) is 0.500. The first-order chi connectivity index (χ1) is 8.31. The molecule has 2 rings (SSSR count). The SMILES string of the molecule is CC.COCCOc1nc(N)c2[nH]cnc2n1. The molecule has 0 bridgehead atoms. The second-order valence-corrected chi connectivity index (χ2v) is 2.83. The van der Waals surface area contributed by atoms with Crippen molar-refractivity contribution in [2.75, 3.05) is 26.1 Å². The molecule has 2 aromatic rings. The highest BCUT2D eigenvalue weighted by Gasteiger charge is 2.07. The van der Waals surface area contributed by atoms with Crippen LogP contribution in [0.5, 0.6) is 6.01 Å². The van der Waals surface area contributed by atoms with Crippen LogP contribution in [0, 0.1) is 0 Å². The largest absolute Gasteiger partial charge is 0.461 e. The lowest BCUT2D eigenvalue weighted by Crippen LogP contribution is -2.07. The molecule has 17 heavy (non-hydrogen) atoms. The molecule has 0 aliphatic heterocycles. The summed E-state index contributed by atoms with van der Waals surface area (Å²) in [5.41, 5.74) is 6.79. The zero-order chi connectivity index (χ0) is 12.7. The van der Waals surface area contributed by atoms with Crippen LogP contribution in [0.3, 0.4) is 0 Å². The maximum absolute atomic E-state index is 5.67. The predicted molar refractivity (Wildman–Crippen MR) is 64.8 cm³/mol. The number of anilines is 1. The van der Waals surface area contributed by atoms with Crippen molar-refractivity contribution in [3.8, 4) is 6.01 Å². The Labute approximate surface area is 99.4 Å². The number of ether oxygens (including phenoxy) is 2. The number of imidazole rings is 1. The number of hydrogen-bond acceptors (Lipinski definition) is 6. The number of nitrogens with two attached hydrogens (primary N) is 1. The first-order valence-corrected chi connectivity index (χ1v) is 5.39. The average Bonchev–Trinajstić information content (AvgIpc) is 2.81. The molecule has 2 aromatic heterocycles. The van der Waals surface area contributed by atoms with Gasteiger partial charge >= 0.3 is 6.01 Å². The lowest BCUT2D eigenvalue weighted by atomic mass is 10.5. The molecule has 0 amide bonds. The van der Waals surface area contributed by atoms with E-state index in [0.717, 1.165) is 0 Å². The van der Waals surface area contributed by atoms with Crippen molar-refractivity contribution < 1.29 is 9.47 Å². The van der Waals surface area contributed by atoms with E-state index in [9.17, 15) is 0 Å². The third-order valence-corrected chi connectivity index (χ3v) is 1.81. The molecular weight excluding hydrogens is 222 g/mol. The Kier molecular flexibility index (Phi) is 5.15. The van der Waals surface area contributed by atoms with Gasteiger partial charge in [-0.25, -0.2) is 4.98 Å². The third-order valence-electron chi connectivity index (χ3n) is 1.81. The van der Waals surface area contributed by atoms with Crippen LogP contribution >= 0.6 is 0 Å². The van der Waals surface area contributed by atoms with Crippen LogP contribution in [0.2, 0.25) is 0 Å². The number of aromatic nitrogens is 4. The molecule has 0 fully saturated rings. The molecule has 0 unspecified atom stereocenters. The molecule has 0 aromatic carbocycles. The molecule has 0 radical (unpaired) electrons. The number of aromatic amines is 1. The Morgan fingerprint density at radius 2 is 2.06 bits per heavy atom. The second-order valence-electron chi connectivity index (χ2n) is 2.83. The number of nitrogens with one attached hydrogen (secondary N) is 1. The van der Waals surface area contributed by atoms with E-state index in [2.05, 4.69) is 19.9 Å². The minimum atomic E-state index is 0.212. The summed E-state index contributed by atoms with van der Waals surface area (Å²) in [5.74, 6) is 0.324. The summed E-state index contributed by atoms with van der Waals surface area (Å²) in [4.78, 5) is 14.8. The minimum Gasteiger partial charge on any atom is -0.461 e. The lowest BCUT2D eigenvalue weighted by Gasteiger charge is -2.03. The normalized spacial score (nSPS) is 9.82. The molecule has 0 aliphatic carbocycles. The van der Waals surface area contributed by atoms with E-state index < -0.39 is 0 Å². The van der Waals surface area contributed by atoms with Gasteiger partial charge in [-0.15, -0.1) is 0 Å². The number of fused-ring (bicyclic) bond motifs is 1. The predicted octanol–water partition coefficient (Wildman–Crippen LogP) is 0.986. The zero-order valence-corrected chi connectivity index (χ0v) is 10.2. The van der Waals surface area contributed by atoms with Crippen molar-refractivity contribution in [3.63, 3.8) is 0 Å². The van der Waals surface area contributed by atoms with Crippen LogP contribution in [0.1, 0.15) is 13.8 Å². The van der Waals surface area contributed by atoms with Gasteiger partial charge in [-0.1, -0.05) is 13.8 Å². The van der Waals surface area contributed by atoms with E-state index in [1.165, 1.54) is 6.33 Å². The van der Waals surface area contributed by atoms with Gasteiger partial charge in [0.15, 0.2) is 11.5 Å². The Morgan fingerprint density at radius 1 is 1.29 bits per heavy atom. The topological polar surface area (TPSA) is 98.9 Å². The highest BCUT2D eigenvalue weighted by molar-refractivity contribution is 5.81. The smallest absolute Gasteiger partial charge is 0.320 e. The van der Waals surface area contributed by atoms with Crippen molar-refractivity contribution in [1.29, 1.82) is 0 Å². The molecule has 0 aliphatic rings. The van der Waals surface area contributed by atoms with Crippen LogP contribution in [-0.2, 0) is 4.74 Å². The Hall–Kier alpha value is -1.89. The Morgan fingerprint density at radius 3 is 2.76 bits per heavy atom. The molecule has 0 saturated heterocycles. The maximum atomic E-state index is 5.67. The van der Waals surface area contributed by atoms with Crippen molar-refractivity contribution in [2.45, 2.75) is 13.8 Å². The van der Waals surface area contributed by atoms with Gasteiger partial charge < -0.3 is 20.2 Å². The molecular formula is C10H17N5O2. The highest BCUT2D eigenvalue weighted by atomic mass is 16.5. The fourth-order valence-corrected chi connectivity index (χ4v) is 1.12. The second kappa shape index (κ2) is 6.64. The first kappa shape index (κ1) is 13.2. The van der Waals surface area contributed by atoms with Gasteiger partial charge in [-0.05, 0) is 0 Å². The highest BCUT2D eigenvalue weighted by Crippen LogP contribution is 2.16. The minimum absolute atomic E-state index is 0.212. The van der Waals surface area contributed by atoms with Crippen LogP contribution in [0.25, 0.3) is 11.2 Å². The quantitative estimate of drug-likeness (QED) is 0.772. The van der Waals surface area contributed by atoms with Gasteiger partial charge in [-0.2, -0.15) is 9.97 Å². The van der Waals surface area contributed by atoms with Crippen molar-refractivity contribution in [1.82, 2.24) is 19.9 Å². The number of H-pyrrole nitrogens is 1. The summed E-state index contributed by atoms with van der Waals surface area (Å²) in [5, 5.41) is 0. The number of methoxy groups -OCH3 is 1. The van der Waals surface area contributed by atoms with E-state index >= 15 is 0 Å². The van der Waals surface area contributed by atoms with Gasteiger partial charge in [-0.3, -0.25) is 0 Å². The van der Waals surface area contributed by atoms with E-state index in [1.54, 1.807) is 7.11 Å². The Balaban J connectivity index is 0.000000686. The molecule has 94 valence electrons. The van der Waals surface area contributed by atoms with Crippen LogP contribution in [-0.4, -0.2) is 40.3 Å². The van der Waals surface area contributed by atoms with Gasteiger partial charge in [0.05, 0.1) is 12.9 Å². The van der Waals surface area contributed by atoms with E-state index in [-0.39, 0.29) is 6.01 Å². The standard InChI is InChI=1S/C8H11N5O2.C2H6/c1-14-2-3-15-8-12-6(9)5-7(13-8)11-4-10-5;1-2/h4H,2-3H2,1H3,(H3,9,10,11,12,13);1-2H3. The fourth-order valence-electron chi connectivity index (χ4n) is 1.12. The molecule has 0 saturated carbocycles. The van der Waals surface area contributed by atoms with Gasteiger partial charge in [0.1, 0.15) is 12.1 Å². The van der Waals surface area contributed by atoms with Crippen LogP contribution in [0.4, 0.5) is 5.82 Å². The molecule has 0 spiro atoms. The van der Waals surface area contributed by atoms with Gasteiger partial charge in [0.2, 0.25) is 0 Å². The van der Waals surface area contributed by atoms with E-state index in [0.29, 0.717) is 30.2 Å². The monoisotopic (exact) mass is 239 g/mol. The van der Waals surface area contributed by atoms with Crippen LogP contribution < -0.4 is 10.5 Å². The molecule has 7 nitrogen and oxygen atoms in total. The summed E-state index contributed by atoms with van der Waals surface area (Å²) in [6, 6.07) is 0.212. The third kappa shape index (κ3) is 3.28. The first-order valence-electron chi connectivity index (χ1n) is 5.39. The summed E-state index contributed by atoms with van der Waals surface area (Å²) in [6.07, 6.45) is 1.51. The van der Waals surface area contributed by atoms with E-state index in [4.69, 9.17) is 15.2 Å². The van der Waals surface area contributed by atoms with Crippen LogP contribution in [0.15, 0.2) is 6.33 Å². The van der Waals surface area contributed by atoms with Crippen molar-refractivity contribution >= 4 is 17.0 Å². The zero-order valence-electron chi connectivity index (χ0n) is 10.2. The summed E-state index contributed by atoms with van der Waals surface area (Å²) >= 11 is 0. The molecule has 0 atom stereocenters. The maximum Gasteiger partial charge on any atom is 0.320 e. The summed E-state index contributed by atoms with van der Waals surface area (Å²) in [7, 11) is 1.59. The van der Waals surface area contributed by atoms with E-state index in [1.807, 2.05) is 13.8 Å².